The molecule has 0 bridgehead atoms. The number of hydrogen-bond acceptors (Lipinski definition) is 7. The number of amides is 1. The first-order valence-electron chi connectivity index (χ1n) is 11.9. The van der Waals surface area contributed by atoms with E-state index in [9.17, 15) is 9.59 Å². The molecule has 1 amide bonds. The van der Waals surface area contributed by atoms with Crippen molar-refractivity contribution in [1.29, 1.82) is 0 Å². The molecule has 2 aromatic rings. The van der Waals surface area contributed by atoms with Gasteiger partial charge < -0.3 is 9.64 Å². The minimum Gasteiger partial charge on any atom is -0.376 e. The first kappa shape index (κ1) is 23.5. The third-order valence-corrected chi connectivity index (χ3v) is 8.09. The minimum absolute atomic E-state index is 0.0182. The van der Waals surface area contributed by atoms with Crippen molar-refractivity contribution in [3.8, 4) is 0 Å². The smallest absolute Gasteiger partial charge is 0.267 e. The maximum absolute atomic E-state index is 13.7. The molecule has 9 heteroatoms. The number of aryl methyl sites for hydroxylation is 1. The van der Waals surface area contributed by atoms with Crippen molar-refractivity contribution in [1.82, 2.24) is 14.3 Å². The number of pyridine rings is 1. The lowest BCUT2D eigenvalue weighted by molar-refractivity contribution is -0.123. The molecule has 3 aliphatic rings. The molecule has 3 fully saturated rings. The van der Waals surface area contributed by atoms with Crippen LogP contribution in [0, 0.1) is 18.8 Å². The van der Waals surface area contributed by atoms with Gasteiger partial charge in [-0.1, -0.05) is 43.9 Å². The van der Waals surface area contributed by atoms with Crippen LogP contribution >= 0.6 is 24.0 Å². The largest absolute Gasteiger partial charge is 0.376 e. The number of carbonyl (C=O) groups is 1. The number of thiocarbonyl (C=S) groups is 1. The molecule has 7 nitrogen and oxygen atoms in total. The van der Waals surface area contributed by atoms with Gasteiger partial charge in [0.15, 0.2) is 0 Å². The highest BCUT2D eigenvalue weighted by molar-refractivity contribution is 8.26. The standard InChI is InChI=1S/C25H30N4O3S2/c1-15-6-7-21-26-22(27-11-16(2)9-17(3)12-27)19(23(30)28(21)13-15)10-20-24(31)29(25(33)34-20)14-18-5-4-8-32-18/h6-7,10,13,16-18H,4-5,8-9,11-12,14H2,1-3H3. The van der Waals surface area contributed by atoms with Crippen molar-refractivity contribution in [2.75, 3.05) is 31.1 Å². The fourth-order valence-corrected chi connectivity index (χ4v) is 6.49. The molecule has 0 spiro atoms. The number of piperidine rings is 1. The molecule has 0 saturated carbocycles. The van der Waals surface area contributed by atoms with Crippen LogP contribution in [0.1, 0.15) is 44.2 Å². The molecule has 3 unspecified atom stereocenters. The van der Waals surface area contributed by atoms with E-state index in [0.717, 1.165) is 44.5 Å². The Hall–Kier alpha value is -2.23. The van der Waals surface area contributed by atoms with E-state index in [1.165, 1.54) is 11.8 Å². The highest BCUT2D eigenvalue weighted by Gasteiger charge is 2.35. The van der Waals surface area contributed by atoms with Crippen molar-refractivity contribution in [3.63, 3.8) is 0 Å². The Balaban J connectivity index is 1.58. The number of anilines is 1. The fraction of sp³-hybridized carbons (Fsp3) is 0.520. The predicted molar refractivity (Wildman–Crippen MR) is 140 cm³/mol. The van der Waals surface area contributed by atoms with E-state index in [0.29, 0.717) is 44.6 Å². The molecule has 3 aliphatic heterocycles. The van der Waals surface area contributed by atoms with Gasteiger partial charge >= 0.3 is 0 Å². The van der Waals surface area contributed by atoms with Gasteiger partial charge in [0.25, 0.3) is 11.5 Å². The van der Waals surface area contributed by atoms with Crippen molar-refractivity contribution in [2.24, 2.45) is 11.8 Å². The Labute approximate surface area is 209 Å². The summed E-state index contributed by atoms with van der Waals surface area (Å²) in [7, 11) is 0. The topological polar surface area (TPSA) is 67.2 Å². The Bertz CT molecular complexity index is 1220. The second-order valence-corrected chi connectivity index (χ2v) is 11.5. The third-order valence-electron chi connectivity index (χ3n) is 6.71. The normalized spacial score (nSPS) is 26.9. The summed E-state index contributed by atoms with van der Waals surface area (Å²) in [6.07, 6.45) is 6.61. The second kappa shape index (κ2) is 9.43. The molecule has 5 rings (SSSR count). The van der Waals surface area contributed by atoms with Gasteiger partial charge in [-0.05, 0) is 55.7 Å². The lowest BCUT2D eigenvalue weighted by Gasteiger charge is -2.36. The first-order valence-corrected chi connectivity index (χ1v) is 13.2. The van der Waals surface area contributed by atoms with Gasteiger partial charge in [-0.25, -0.2) is 4.98 Å². The maximum atomic E-state index is 13.7. The Morgan fingerprint density at radius 1 is 1.24 bits per heavy atom. The van der Waals surface area contributed by atoms with E-state index in [2.05, 4.69) is 18.7 Å². The number of nitrogens with zero attached hydrogens (tertiary/aromatic N) is 4. The maximum Gasteiger partial charge on any atom is 0.267 e. The molecular weight excluding hydrogens is 468 g/mol. The van der Waals surface area contributed by atoms with Gasteiger partial charge in [-0.3, -0.25) is 18.9 Å². The van der Waals surface area contributed by atoms with E-state index < -0.39 is 0 Å². The summed E-state index contributed by atoms with van der Waals surface area (Å²) in [6, 6.07) is 3.84. The van der Waals surface area contributed by atoms with Gasteiger partial charge in [-0.15, -0.1) is 0 Å². The van der Waals surface area contributed by atoms with Gasteiger partial charge in [0.05, 0.1) is 23.1 Å². The highest BCUT2D eigenvalue weighted by atomic mass is 32.2. The first-order chi connectivity index (χ1) is 16.3. The van der Waals surface area contributed by atoms with Crippen LogP contribution in [-0.2, 0) is 9.53 Å². The summed E-state index contributed by atoms with van der Waals surface area (Å²) >= 11 is 6.78. The van der Waals surface area contributed by atoms with Gasteiger partial charge in [0.1, 0.15) is 15.8 Å². The zero-order valence-electron chi connectivity index (χ0n) is 19.8. The molecule has 3 atom stereocenters. The number of hydrogen-bond donors (Lipinski definition) is 0. The number of rotatable bonds is 4. The summed E-state index contributed by atoms with van der Waals surface area (Å²) < 4.78 is 7.80. The Kier molecular flexibility index (Phi) is 6.52. The lowest BCUT2D eigenvalue weighted by Crippen LogP contribution is -2.40. The zero-order chi connectivity index (χ0) is 24.0. The fourth-order valence-electron chi connectivity index (χ4n) is 5.23. The van der Waals surface area contributed by atoms with Crippen LogP contribution in [0.2, 0.25) is 0 Å². The number of ether oxygens (including phenoxy) is 1. The molecule has 0 aromatic carbocycles. The zero-order valence-corrected chi connectivity index (χ0v) is 21.5. The monoisotopic (exact) mass is 498 g/mol. The van der Waals surface area contributed by atoms with Crippen LogP contribution in [0.4, 0.5) is 5.82 Å². The van der Waals surface area contributed by atoms with Crippen molar-refractivity contribution in [2.45, 2.75) is 46.1 Å². The van der Waals surface area contributed by atoms with E-state index in [4.69, 9.17) is 21.9 Å². The van der Waals surface area contributed by atoms with E-state index in [-0.39, 0.29) is 17.6 Å². The Morgan fingerprint density at radius 2 is 2.00 bits per heavy atom. The van der Waals surface area contributed by atoms with Crippen LogP contribution in [-0.4, -0.2) is 56.9 Å². The Morgan fingerprint density at radius 3 is 2.71 bits per heavy atom. The van der Waals surface area contributed by atoms with Crippen LogP contribution in [0.5, 0.6) is 0 Å². The van der Waals surface area contributed by atoms with Crippen LogP contribution in [0.3, 0.4) is 0 Å². The second-order valence-electron chi connectivity index (χ2n) is 9.87. The van der Waals surface area contributed by atoms with Crippen LogP contribution in [0.25, 0.3) is 11.7 Å². The van der Waals surface area contributed by atoms with E-state index in [1.807, 2.05) is 19.1 Å². The highest BCUT2D eigenvalue weighted by Crippen LogP contribution is 2.35. The molecule has 180 valence electrons. The average Bonchev–Trinajstić information content (AvgIpc) is 3.39. The van der Waals surface area contributed by atoms with Crippen molar-refractivity contribution >= 4 is 51.7 Å². The van der Waals surface area contributed by atoms with Gasteiger partial charge in [0.2, 0.25) is 0 Å². The summed E-state index contributed by atoms with van der Waals surface area (Å²) in [4.78, 5) is 36.2. The number of thioether (sulfide) groups is 1. The average molecular weight is 499 g/mol. The van der Waals surface area contributed by atoms with Crippen LogP contribution < -0.4 is 10.5 Å². The third kappa shape index (κ3) is 4.53. The van der Waals surface area contributed by atoms with Gasteiger partial charge in [0, 0.05) is 25.9 Å². The van der Waals surface area contributed by atoms with E-state index >= 15 is 0 Å². The summed E-state index contributed by atoms with van der Waals surface area (Å²) in [6.45, 7) is 9.27. The number of aromatic nitrogens is 2. The summed E-state index contributed by atoms with van der Waals surface area (Å²) in [5.41, 5.74) is 1.86. The summed E-state index contributed by atoms with van der Waals surface area (Å²) in [5.74, 6) is 1.49. The van der Waals surface area contributed by atoms with E-state index in [1.54, 1.807) is 21.6 Å². The van der Waals surface area contributed by atoms with Crippen molar-refractivity contribution < 1.29 is 9.53 Å². The molecular formula is C25H30N4O3S2. The predicted octanol–water partition coefficient (Wildman–Crippen LogP) is 3.87. The SMILES string of the molecule is Cc1ccc2nc(N3CC(C)CC(C)C3)c(C=C3SC(=S)N(CC4CCCO4)C3=O)c(=O)n2c1. The number of fused-ring (bicyclic) bond motifs is 1. The minimum atomic E-state index is -0.168. The lowest BCUT2D eigenvalue weighted by atomic mass is 9.91. The van der Waals surface area contributed by atoms with Crippen LogP contribution in [0.15, 0.2) is 28.0 Å². The number of carbonyl (C=O) groups excluding carboxylic acids is 1. The quantitative estimate of drug-likeness (QED) is 0.468. The molecule has 0 N–H and O–H groups in total. The molecule has 3 saturated heterocycles. The van der Waals surface area contributed by atoms with Gasteiger partial charge in [-0.2, -0.15) is 0 Å². The van der Waals surface area contributed by atoms with Crippen molar-refractivity contribution in [3.05, 3.63) is 44.7 Å². The molecule has 34 heavy (non-hydrogen) atoms. The summed E-state index contributed by atoms with van der Waals surface area (Å²) in [5, 5.41) is 0. The molecule has 5 heterocycles. The molecule has 0 radical (unpaired) electrons. The molecule has 0 aliphatic carbocycles. The molecule has 2 aromatic heterocycles.